The molecule has 0 aromatic carbocycles. The molecule has 0 aliphatic rings. The van der Waals surface area contributed by atoms with E-state index in [0.29, 0.717) is 8.52 Å². The molecule has 3 unspecified atom stereocenters. The molecule has 5 heteroatoms. The first-order valence-corrected chi connectivity index (χ1v) is 7.31. The first-order chi connectivity index (χ1) is 6.52. The van der Waals surface area contributed by atoms with E-state index >= 15 is 0 Å². The van der Waals surface area contributed by atoms with E-state index in [9.17, 15) is 0 Å². The molecule has 3 radical (unpaired) electrons. The van der Waals surface area contributed by atoms with E-state index < -0.39 is 0 Å². The molecule has 1 heterocycles. The van der Waals surface area contributed by atoms with Crippen LogP contribution in [0.2, 0.25) is 0 Å². The van der Waals surface area contributed by atoms with Crippen molar-refractivity contribution in [1.29, 1.82) is 0 Å². The first kappa shape index (κ1) is 15.9. The minimum atomic E-state index is -0.0110. The summed E-state index contributed by atoms with van der Waals surface area (Å²) in [5.74, 6) is 0.932. The van der Waals surface area contributed by atoms with Crippen LogP contribution < -0.4 is 5.73 Å². The van der Waals surface area contributed by atoms with Gasteiger partial charge in [0.25, 0.3) is 0 Å². The third kappa shape index (κ3) is 4.71. The van der Waals surface area contributed by atoms with Gasteiger partial charge in [-0.2, -0.15) is 0 Å². The van der Waals surface area contributed by atoms with Crippen molar-refractivity contribution in [2.24, 2.45) is 5.73 Å². The Kier molecular flexibility index (Phi) is 7.66. The molecule has 0 aliphatic carbocycles. The van der Waals surface area contributed by atoms with E-state index in [1.54, 1.807) is 28.8 Å². The fourth-order valence-corrected chi connectivity index (χ4v) is 4.12. The Morgan fingerprint density at radius 1 is 1.40 bits per heavy atom. The molecule has 15 heavy (non-hydrogen) atoms. The second-order valence-electron chi connectivity index (χ2n) is 3.45. The standard InChI is InChI=1S/C10H16NOS.BrH.Sn/c1-4-13-8(3)9-5-6-12-10(9)7(2)11;;/h4-8H,11H2,1-3H3;1H;. The summed E-state index contributed by atoms with van der Waals surface area (Å²) in [6.45, 7) is 6.41. The van der Waals surface area contributed by atoms with Crippen molar-refractivity contribution in [2.45, 2.75) is 35.3 Å². The van der Waals surface area contributed by atoms with Crippen molar-refractivity contribution in [1.82, 2.24) is 0 Å². The van der Waals surface area contributed by atoms with E-state index in [0.717, 1.165) is 5.76 Å². The molecule has 0 fully saturated rings. The van der Waals surface area contributed by atoms with Crippen molar-refractivity contribution in [3.63, 3.8) is 0 Å². The van der Waals surface area contributed by atoms with Gasteiger partial charge >= 0.3 is 103 Å². The zero-order valence-electron chi connectivity index (χ0n) is 9.19. The van der Waals surface area contributed by atoms with Gasteiger partial charge in [-0.1, -0.05) is 0 Å². The van der Waals surface area contributed by atoms with Crippen LogP contribution in [-0.2, 0) is 0 Å². The molecule has 0 saturated carbocycles. The molecule has 1 rings (SSSR count). The summed E-state index contributed by atoms with van der Waals surface area (Å²) < 4.78 is 6.11. The van der Waals surface area contributed by atoms with E-state index in [4.69, 9.17) is 10.2 Å². The molecular formula is C10H17BrNOSSn. The molecule has 0 saturated heterocycles. The third-order valence-corrected chi connectivity index (χ3v) is 4.22. The SMILES string of the molecule is Br.C[CH]([Sn])SC(C)c1ccoc1C(C)N. The molecule has 85 valence electrons. The van der Waals surface area contributed by atoms with Crippen LogP contribution in [0.5, 0.6) is 0 Å². The van der Waals surface area contributed by atoms with E-state index in [-0.39, 0.29) is 23.0 Å². The molecule has 1 aromatic heterocycles. The van der Waals surface area contributed by atoms with Gasteiger partial charge in [0.05, 0.1) is 0 Å². The van der Waals surface area contributed by atoms with Gasteiger partial charge in [-0.05, 0) is 0 Å². The van der Waals surface area contributed by atoms with Crippen LogP contribution in [-0.4, -0.2) is 25.8 Å². The molecule has 2 nitrogen and oxygen atoms in total. The van der Waals surface area contributed by atoms with Crippen LogP contribution in [0.25, 0.3) is 0 Å². The Morgan fingerprint density at radius 3 is 2.47 bits per heavy atom. The van der Waals surface area contributed by atoms with E-state index in [1.165, 1.54) is 5.56 Å². The molecule has 0 amide bonds. The second kappa shape index (κ2) is 7.24. The summed E-state index contributed by atoms with van der Waals surface area (Å²) in [5, 5.41) is 0.476. The van der Waals surface area contributed by atoms with Crippen LogP contribution in [0.15, 0.2) is 16.7 Å². The monoisotopic (exact) mass is 398 g/mol. The van der Waals surface area contributed by atoms with Crippen LogP contribution in [0.1, 0.15) is 43.4 Å². The van der Waals surface area contributed by atoms with Crippen molar-refractivity contribution in [3.05, 3.63) is 23.7 Å². The topological polar surface area (TPSA) is 39.2 Å². The van der Waals surface area contributed by atoms with Crippen LogP contribution in [0.4, 0.5) is 0 Å². The first-order valence-electron chi connectivity index (χ1n) is 4.71. The van der Waals surface area contributed by atoms with Crippen molar-refractivity contribution < 1.29 is 4.42 Å². The number of thioether (sulfide) groups is 1. The van der Waals surface area contributed by atoms with Crippen LogP contribution in [0, 0.1) is 0 Å². The Morgan fingerprint density at radius 2 is 2.00 bits per heavy atom. The Hall–Kier alpha value is 0.869. The Balaban J connectivity index is 0.00000196. The zero-order chi connectivity index (χ0) is 10.7. The molecule has 2 N–H and O–H groups in total. The summed E-state index contributed by atoms with van der Waals surface area (Å²) in [6.07, 6.45) is 1.73. The predicted octanol–water partition coefficient (Wildman–Crippen LogP) is 3.19. The predicted molar refractivity (Wildman–Crippen MR) is 72.9 cm³/mol. The number of rotatable bonds is 4. The van der Waals surface area contributed by atoms with Gasteiger partial charge in [0.15, 0.2) is 0 Å². The van der Waals surface area contributed by atoms with E-state index in [2.05, 4.69) is 13.8 Å². The number of hydrogen-bond donors (Lipinski definition) is 1. The number of hydrogen-bond acceptors (Lipinski definition) is 3. The summed E-state index contributed by atoms with van der Waals surface area (Å²) in [7, 11) is 0. The number of nitrogens with two attached hydrogens (primary N) is 1. The summed E-state index contributed by atoms with van der Waals surface area (Å²) in [5.41, 5.74) is 7.08. The quantitative estimate of drug-likeness (QED) is 0.793. The summed E-state index contributed by atoms with van der Waals surface area (Å²) in [6, 6.07) is 2.03. The van der Waals surface area contributed by atoms with Gasteiger partial charge in [0.1, 0.15) is 0 Å². The number of halogens is 1. The fraction of sp³-hybridized carbons (Fsp3) is 0.600. The average molecular weight is 398 g/mol. The van der Waals surface area contributed by atoms with Crippen molar-refractivity contribution >= 4 is 51.3 Å². The summed E-state index contributed by atoms with van der Waals surface area (Å²) >= 11 is 3.53. The summed E-state index contributed by atoms with van der Waals surface area (Å²) in [4.78, 5) is 0. The van der Waals surface area contributed by atoms with Gasteiger partial charge in [-0.25, -0.2) is 0 Å². The Labute approximate surface area is 120 Å². The fourth-order valence-electron chi connectivity index (χ4n) is 1.42. The minimum absolute atomic E-state index is 0. The average Bonchev–Trinajstić information content (AvgIpc) is 2.49. The molecular weight excluding hydrogens is 381 g/mol. The van der Waals surface area contributed by atoms with Gasteiger partial charge in [-0.15, -0.1) is 17.0 Å². The van der Waals surface area contributed by atoms with Gasteiger partial charge in [0.2, 0.25) is 0 Å². The molecule has 3 atom stereocenters. The maximum absolute atomic E-state index is 5.83. The second-order valence-corrected chi connectivity index (χ2v) is 8.80. The number of furan rings is 1. The molecule has 0 bridgehead atoms. The zero-order valence-corrected chi connectivity index (χ0v) is 14.6. The maximum atomic E-state index is 5.83. The van der Waals surface area contributed by atoms with Crippen LogP contribution >= 0.6 is 28.7 Å². The molecule has 1 aromatic rings. The van der Waals surface area contributed by atoms with Gasteiger partial charge in [0, 0.05) is 0 Å². The van der Waals surface area contributed by atoms with Gasteiger partial charge < -0.3 is 0 Å². The van der Waals surface area contributed by atoms with Crippen LogP contribution in [0.3, 0.4) is 0 Å². The van der Waals surface area contributed by atoms with Crippen molar-refractivity contribution in [3.8, 4) is 0 Å². The third-order valence-electron chi connectivity index (χ3n) is 1.99. The molecule has 0 aliphatic heterocycles. The Bertz CT molecular complexity index is 291. The van der Waals surface area contributed by atoms with Gasteiger partial charge in [-0.3, -0.25) is 0 Å². The normalized spacial score (nSPS) is 16.6. The molecule has 0 spiro atoms. The van der Waals surface area contributed by atoms with Crippen molar-refractivity contribution in [2.75, 3.05) is 0 Å². The van der Waals surface area contributed by atoms with E-state index in [1.807, 2.05) is 24.8 Å².